The third-order valence-electron chi connectivity index (χ3n) is 3.07. The summed E-state index contributed by atoms with van der Waals surface area (Å²) in [6.45, 7) is 4.75. The first-order valence-corrected chi connectivity index (χ1v) is 7.05. The number of hydrogen-bond acceptors (Lipinski definition) is 3. The summed E-state index contributed by atoms with van der Waals surface area (Å²) in [5.41, 5.74) is -1.28. The summed E-state index contributed by atoms with van der Waals surface area (Å²) in [7, 11) is 0. The molecule has 20 heavy (non-hydrogen) atoms. The molecule has 0 bridgehead atoms. The standard InChI is InChI=1S/C14H18BrNO4/c1-4-14(3,13(18)19)16-12(17)9(2)20-11-7-5-10(15)6-8-11/h5-9H,4H2,1-3H3,(H,16,17)(H,18,19). The van der Waals surface area contributed by atoms with Crippen molar-refractivity contribution < 1.29 is 19.4 Å². The van der Waals surface area contributed by atoms with Crippen LogP contribution in [0.2, 0.25) is 0 Å². The van der Waals surface area contributed by atoms with E-state index in [1.54, 1.807) is 38.1 Å². The average Bonchev–Trinajstić information content (AvgIpc) is 2.40. The van der Waals surface area contributed by atoms with E-state index >= 15 is 0 Å². The van der Waals surface area contributed by atoms with Gasteiger partial charge in [-0.05, 0) is 44.5 Å². The molecule has 110 valence electrons. The molecule has 0 aromatic heterocycles. The second-order valence-corrected chi connectivity index (χ2v) is 5.61. The zero-order valence-corrected chi connectivity index (χ0v) is 13.2. The maximum absolute atomic E-state index is 12.0. The largest absolute Gasteiger partial charge is 0.481 e. The van der Waals surface area contributed by atoms with Gasteiger partial charge in [-0.25, -0.2) is 4.79 Å². The fourth-order valence-corrected chi connectivity index (χ4v) is 1.70. The maximum atomic E-state index is 12.0. The lowest BCUT2D eigenvalue weighted by atomic mass is 9.99. The maximum Gasteiger partial charge on any atom is 0.329 e. The van der Waals surface area contributed by atoms with Crippen LogP contribution >= 0.6 is 15.9 Å². The molecular formula is C14H18BrNO4. The van der Waals surface area contributed by atoms with Crippen LogP contribution in [0.15, 0.2) is 28.7 Å². The van der Waals surface area contributed by atoms with Crippen LogP contribution in [-0.4, -0.2) is 28.6 Å². The molecule has 1 rings (SSSR count). The molecule has 1 amide bonds. The molecule has 0 radical (unpaired) electrons. The lowest BCUT2D eigenvalue weighted by molar-refractivity contribution is -0.148. The third-order valence-corrected chi connectivity index (χ3v) is 3.60. The van der Waals surface area contributed by atoms with Gasteiger partial charge in [-0.1, -0.05) is 22.9 Å². The topological polar surface area (TPSA) is 75.6 Å². The Kier molecular flexibility index (Phi) is 5.56. The van der Waals surface area contributed by atoms with Gasteiger partial charge in [0.05, 0.1) is 0 Å². The van der Waals surface area contributed by atoms with E-state index in [1.807, 2.05) is 0 Å². The Labute approximate surface area is 126 Å². The van der Waals surface area contributed by atoms with Crippen molar-refractivity contribution >= 4 is 27.8 Å². The highest BCUT2D eigenvalue weighted by atomic mass is 79.9. The van der Waals surface area contributed by atoms with E-state index in [9.17, 15) is 9.59 Å². The van der Waals surface area contributed by atoms with Crippen LogP contribution in [0.3, 0.4) is 0 Å². The Morgan fingerprint density at radius 2 is 1.95 bits per heavy atom. The van der Waals surface area contributed by atoms with Crippen molar-refractivity contribution in [2.24, 2.45) is 0 Å². The lowest BCUT2D eigenvalue weighted by Gasteiger charge is -2.26. The highest BCUT2D eigenvalue weighted by Crippen LogP contribution is 2.18. The van der Waals surface area contributed by atoms with Gasteiger partial charge in [0.2, 0.25) is 0 Å². The number of carboxylic acid groups (broad SMARTS) is 1. The quantitative estimate of drug-likeness (QED) is 0.832. The van der Waals surface area contributed by atoms with Gasteiger partial charge in [0, 0.05) is 4.47 Å². The van der Waals surface area contributed by atoms with Crippen LogP contribution in [0.5, 0.6) is 5.75 Å². The van der Waals surface area contributed by atoms with Crippen LogP contribution in [0.25, 0.3) is 0 Å². The molecule has 2 unspecified atom stereocenters. The van der Waals surface area contributed by atoms with Crippen LogP contribution in [0, 0.1) is 0 Å². The van der Waals surface area contributed by atoms with Gasteiger partial charge in [-0.3, -0.25) is 4.79 Å². The number of amides is 1. The van der Waals surface area contributed by atoms with Gasteiger partial charge >= 0.3 is 5.97 Å². The van der Waals surface area contributed by atoms with E-state index < -0.39 is 23.5 Å². The zero-order chi connectivity index (χ0) is 15.3. The highest BCUT2D eigenvalue weighted by Gasteiger charge is 2.34. The van der Waals surface area contributed by atoms with Crippen molar-refractivity contribution in [3.8, 4) is 5.75 Å². The van der Waals surface area contributed by atoms with Gasteiger partial charge in [0.1, 0.15) is 11.3 Å². The minimum absolute atomic E-state index is 0.291. The van der Waals surface area contributed by atoms with Crippen molar-refractivity contribution in [3.05, 3.63) is 28.7 Å². The summed E-state index contributed by atoms with van der Waals surface area (Å²) >= 11 is 3.31. The number of rotatable bonds is 6. The SMILES string of the molecule is CCC(C)(NC(=O)C(C)Oc1ccc(Br)cc1)C(=O)O. The number of benzene rings is 1. The Morgan fingerprint density at radius 1 is 1.40 bits per heavy atom. The minimum atomic E-state index is -1.28. The molecule has 1 aromatic rings. The van der Waals surface area contributed by atoms with Crippen LogP contribution in [0.1, 0.15) is 27.2 Å². The third kappa shape index (κ3) is 4.23. The summed E-state index contributed by atoms with van der Waals surface area (Å²) in [6, 6.07) is 7.05. The predicted octanol–water partition coefficient (Wildman–Crippen LogP) is 2.59. The lowest BCUT2D eigenvalue weighted by Crippen LogP contribution is -2.54. The summed E-state index contributed by atoms with van der Waals surface area (Å²) in [6.07, 6.45) is -0.486. The fourth-order valence-electron chi connectivity index (χ4n) is 1.44. The van der Waals surface area contributed by atoms with Crippen molar-refractivity contribution in [3.63, 3.8) is 0 Å². The molecular weight excluding hydrogens is 326 g/mol. The van der Waals surface area contributed by atoms with Gasteiger partial charge in [-0.15, -0.1) is 0 Å². The zero-order valence-electron chi connectivity index (χ0n) is 11.6. The number of carbonyl (C=O) groups is 2. The van der Waals surface area contributed by atoms with Crippen LogP contribution in [0.4, 0.5) is 0 Å². The molecule has 2 N–H and O–H groups in total. The van der Waals surface area contributed by atoms with E-state index in [1.165, 1.54) is 6.92 Å². The molecule has 0 saturated heterocycles. The Morgan fingerprint density at radius 3 is 2.40 bits per heavy atom. The Balaban J connectivity index is 2.67. The first kappa shape index (κ1) is 16.5. The van der Waals surface area contributed by atoms with Crippen molar-refractivity contribution in [1.29, 1.82) is 0 Å². The second-order valence-electron chi connectivity index (χ2n) is 4.69. The summed E-state index contributed by atoms with van der Waals surface area (Å²) < 4.78 is 6.38. The Bertz CT molecular complexity index is 488. The molecule has 0 aliphatic heterocycles. The fraction of sp³-hybridized carbons (Fsp3) is 0.429. The number of carboxylic acids is 1. The number of hydrogen-bond donors (Lipinski definition) is 2. The molecule has 5 nitrogen and oxygen atoms in total. The molecule has 0 saturated carbocycles. The van der Waals surface area contributed by atoms with Crippen LogP contribution in [-0.2, 0) is 9.59 Å². The summed E-state index contributed by atoms with van der Waals surface area (Å²) in [5.74, 6) is -0.978. The van der Waals surface area contributed by atoms with E-state index in [2.05, 4.69) is 21.2 Å². The molecule has 6 heteroatoms. The van der Waals surface area contributed by atoms with Crippen molar-refractivity contribution in [1.82, 2.24) is 5.32 Å². The first-order valence-electron chi connectivity index (χ1n) is 6.26. The molecule has 2 atom stereocenters. The van der Waals surface area contributed by atoms with Gasteiger partial charge in [0.15, 0.2) is 6.10 Å². The van der Waals surface area contributed by atoms with Gasteiger partial charge in [0.25, 0.3) is 5.91 Å². The minimum Gasteiger partial charge on any atom is -0.481 e. The molecule has 0 spiro atoms. The van der Waals surface area contributed by atoms with Crippen LogP contribution < -0.4 is 10.1 Å². The number of aliphatic carboxylic acids is 1. The molecule has 0 aliphatic rings. The molecule has 0 heterocycles. The van der Waals surface area contributed by atoms with E-state index in [0.717, 1.165) is 4.47 Å². The second kappa shape index (κ2) is 6.74. The Hall–Kier alpha value is -1.56. The smallest absolute Gasteiger partial charge is 0.329 e. The first-order chi connectivity index (χ1) is 9.28. The number of carbonyl (C=O) groups excluding carboxylic acids is 1. The van der Waals surface area contributed by atoms with Gasteiger partial charge in [-0.2, -0.15) is 0 Å². The number of nitrogens with one attached hydrogen (secondary N) is 1. The molecule has 0 aliphatic carbocycles. The summed E-state index contributed by atoms with van der Waals surface area (Å²) in [4.78, 5) is 23.1. The monoisotopic (exact) mass is 343 g/mol. The normalized spacial score (nSPS) is 15.0. The number of halogens is 1. The van der Waals surface area contributed by atoms with E-state index in [0.29, 0.717) is 12.2 Å². The summed E-state index contributed by atoms with van der Waals surface area (Å²) in [5, 5.41) is 11.6. The van der Waals surface area contributed by atoms with Crippen molar-refractivity contribution in [2.45, 2.75) is 38.8 Å². The molecule has 1 aromatic carbocycles. The van der Waals surface area contributed by atoms with Crippen molar-refractivity contribution in [2.75, 3.05) is 0 Å². The molecule has 0 fully saturated rings. The predicted molar refractivity (Wildman–Crippen MR) is 78.7 cm³/mol. The highest BCUT2D eigenvalue weighted by molar-refractivity contribution is 9.10. The number of ether oxygens (including phenoxy) is 1. The van der Waals surface area contributed by atoms with E-state index in [-0.39, 0.29) is 0 Å². The van der Waals surface area contributed by atoms with E-state index in [4.69, 9.17) is 9.84 Å². The average molecular weight is 344 g/mol. The van der Waals surface area contributed by atoms with Gasteiger partial charge < -0.3 is 15.2 Å².